The van der Waals surface area contributed by atoms with Gasteiger partial charge in [-0.3, -0.25) is 0 Å². The molecule has 0 radical (unpaired) electrons. The average molecular weight is 291 g/mol. The van der Waals surface area contributed by atoms with E-state index in [-0.39, 0.29) is 6.04 Å². The number of nitrogen functional groups attached to an aromatic ring is 1. The van der Waals surface area contributed by atoms with Gasteiger partial charge >= 0.3 is 6.09 Å². The van der Waals surface area contributed by atoms with E-state index in [1.165, 1.54) is 11.3 Å². The second kappa shape index (κ2) is 6.91. The van der Waals surface area contributed by atoms with Gasteiger partial charge in [0.25, 0.3) is 0 Å². The highest BCUT2D eigenvalue weighted by molar-refractivity contribution is 7.13. The van der Waals surface area contributed by atoms with Crippen molar-refractivity contribution < 1.29 is 9.53 Å². The second-order valence-electron chi connectivity index (χ2n) is 4.22. The van der Waals surface area contributed by atoms with Crippen LogP contribution in [-0.2, 0) is 11.2 Å². The Hall–Kier alpha value is -2.08. The molecule has 2 rings (SSSR count). The van der Waals surface area contributed by atoms with Crippen LogP contribution < -0.4 is 11.1 Å². The Morgan fingerprint density at radius 2 is 2.20 bits per heavy atom. The number of ether oxygens (including phenoxy) is 1. The molecule has 0 bridgehead atoms. The Balaban J connectivity index is 2.13. The number of nitrogens with one attached hydrogen (secondary N) is 1. The number of aromatic nitrogens is 1. The molecule has 6 heteroatoms. The molecule has 0 saturated heterocycles. The van der Waals surface area contributed by atoms with Crippen molar-refractivity contribution in [2.75, 3.05) is 12.3 Å². The van der Waals surface area contributed by atoms with E-state index in [4.69, 9.17) is 10.5 Å². The van der Waals surface area contributed by atoms with Gasteiger partial charge in [-0.05, 0) is 18.9 Å². The largest absolute Gasteiger partial charge is 0.450 e. The number of nitrogens with two attached hydrogens (primary N) is 1. The first-order valence-electron chi connectivity index (χ1n) is 6.37. The van der Waals surface area contributed by atoms with Crippen LogP contribution in [-0.4, -0.2) is 17.7 Å². The van der Waals surface area contributed by atoms with E-state index in [9.17, 15) is 4.79 Å². The van der Waals surface area contributed by atoms with Crippen molar-refractivity contribution >= 4 is 22.6 Å². The van der Waals surface area contributed by atoms with Crippen LogP contribution in [0, 0.1) is 0 Å². The van der Waals surface area contributed by atoms with Gasteiger partial charge in [-0.1, -0.05) is 30.3 Å². The minimum Gasteiger partial charge on any atom is -0.450 e. The first-order valence-corrected chi connectivity index (χ1v) is 7.25. The molecular formula is C14H17N3O2S. The number of amides is 1. The third-order valence-electron chi connectivity index (χ3n) is 2.75. The number of thiazole rings is 1. The van der Waals surface area contributed by atoms with Crippen molar-refractivity contribution in [3.8, 4) is 0 Å². The normalized spacial score (nSPS) is 11.8. The summed E-state index contributed by atoms with van der Waals surface area (Å²) in [6.45, 7) is 2.11. The summed E-state index contributed by atoms with van der Waals surface area (Å²) in [7, 11) is 0. The third kappa shape index (κ3) is 3.96. The van der Waals surface area contributed by atoms with Gasteiger partial charge in [-0.25, -0.2) is 9.78 Å². The highest BCUT2D eigenvalue weighted by atomic mass is 32.1. The van der Waals surface area contributed by atoms with Crippen molar-refractivity contribution in [2.24, 2.45) is 0 Å². The molecule has 20 heavy (non-hydrogen) atoms. The summed E-state index contributed by atoms with van der Waals surface area (Å²) >= 11 is 1.36. The van der Waals surface area contributed by atoms with Gasteiger partial charge in [0.15, 0.2) is 5.13 Å². The molecule has 2 aromatic rings. The van der Waals surface area contributed by atoms with Crippen LogP contribution in [0.2, 0.25) is 0 Å². The molecule has 1 heterocycles. The van der Waals surface area contributed by atoms with E-state index in [0.717, 1.165) is 11.3 Å². The molecule has 1 aromatic heterocycles. The number of benzene rings is 1. The lowest BCUT2D eigenvalue weighted by Gasteiger charge is -2.16. The zero-order valence-electron chi connectivity index (χ0n) is 11.2. The fraction of sp³-hybridized carbons (Fsp3) is 0.286. The lowest BCUT2D eigenvalue weighted by molar-refractivity contribution is 0.147. The smallest absolute Gasteiger partial charge is 0.407 e. The van der Waals surface area contributed by atoms with Gasteiger partial charge in [0.1, 0.15) is 0 Å². The topological polar surface area (TPSA) is 77.2 Å². The number of rotatable bonds is 5. The van der Waals surface area contributed by atoms with E-state index < -0.39 is 6.09 Å². The minimum absolute atomic E-state index is 0.245. The molecule has 106 valence electrons. The summed E-state index contributed by atoms with van der Waals surface area (Å²) < 4.78 is 4.93. The predicted octanol–water partition coefficient (Wildman–Crippen LogP) is 2.76. The number of anilines is 1. The van der Waals surface area contributed by atoms with E-state index >= 15 is 0 Å². The van der Waals surface area contributed by atoms with Crippen LogP contribution in [0.5, 0.6) is 0 Å². The number of carbonyl (C=O) groups is 1. The molecule has 1 aromatic carbocycles. The molecule has 1 atom stereocenters. The average Bonchev–Trinajstić information content (AvgIpc) is 2.86. The minimum atomic E-state index is -0.444. The maximum absolute atomic E-state index is 11.6. The van der Waals surface area contributed by atoms with E-state index in [2.05, 4.69) is 10.3 Å². The Bertz CT molecular complexity index is 557. The summed E-state index contributed by atoms with van der Waals surface area (Å²) in [5.74, 6) is 0. The van der Waals surface area contributed by atoms with Crippen LogP contribution >= 0.6 is 11.3 Å². The molecule has 3 N–H and O–H groups in total. The third-order valence-corrected chi connectivity index (χ3v) is 3.44. The predicted molar refractivity (Wildman–Crippen MR) is 79.6 cm³/mol. The molecule has 5 nitrogen and oxygen atoms in total. The van der Waals surface area contributed by atoms with Crippen molar-refractivity contribution in [3.63, 3.8) is 0 Å². The fourth-order valence-electron chi connectivity index (χ4n) is 1.86. The van der Waals surface area contributed by atoms with Crippen molar-refractivity contribution in [2.45, 2.75) is 19.4 Å². The van der Waals surface area contributed by atoms with Crippen LogP contribution in [0.4, 0.5) is 9.93 Å². The van der Waals surface area contributed by atoms with Crippen LogP contribution in [0.3, 0.4) is 0 Å². The maximum atomic E-state index is 11.6. The second-order valence-corrected chi connectivity index (χ2v) is 5.11. The van der Waals surface area contributed by atoms with Gasteiger partial charge in [0.2, 0.25) is 0 Å². The van der Waals surface area contributed by atoms with Gasteiger partial charge in [-0.2, -0.15) is 0 Å². The Labute approximate surface area is 121 Å². The molecule has 0 fully saturated rings. The SMILES string of the molecule is CCOC(=O)N[C@H](Cc1ccccc1)c1csc(N)n1. The summed E-state index contributed by atoms with van der Waals surface area (Å²) in [6.07, 6.45) is 0.197. The first-order chi connectivity index (χ1) is 9.69. The lowest BCUT2D eigenvalue weighted by Crippen LogP contribution is -2.30. The molecule has 0 aliphatic heterocycles. The summed E-state index contributed by atoms with van der Waals surface area (Å²) in [5, 5.41) is 5.17. The maximum Gasteiger partial charge on any atom is 0.407 e. The van der Waals surface area contributed by atoms with Crippen LogP contribution in [0.1, 0.15) is 24.2 Å². The van der Waals surface area contributed by atoms with E-state index in [1.807, 2.05) is 35.7 Å². The van der Waals surface area contributed by atoms with Gasteiger partial charge in [0, 0.05) is 5.38 Å². The summed E-state index contributed by atoms with van der Waals surface area (Å²) in [4.78, 5) is 15.9. The van der Waals surface area contributed by atoms with Gasteiger partial charge in [0.05, 0.1) is 18.3 Å². The summed E-state index contributed by atoms with van der Waals surface area (Å²) in [6, 6.07) is 9.66. The molecule has 0 aliphatic carbocycles. The molecule has 0 aliphatic rings. The number of alkyl carbamates (subject to hydrolysis) is 1. The highest BCUT2D eigenvalue weighted by Crippen LogP contribution is 2.22. The lowest BCUT2D eigenvalue weighted by atomic mass is 10.0. The molecule has 0 spiro atoms. The van der Waals surface area contributed by atoms with Gasteiger partial charge < -0.3 is 15.8 Å². The van der Waals surface area contributed by atoms with Gasteiger partial charge in [-0.15, -0.1) is 11.3 Å². The van der Waals surface area contributed by atoms with Crippen molar-refractivity contribution in [1.29, 1.82) is 0 Å². The molecule has 1 amide bonds. The van der Waals surface area contributed by atoms with Crippen molar-refractivity contribution in [1.82, 2.24) is 10.3 Å². The standard InChI is InChI=1S/C14H17N3O2S/c1-2-19-14(18)17-11(12-9-20-13(15)16-12)8-10-6-4-3-5-7-10/h3-7,9,11H,2,8H2,1H3,(H2,15,16)(H,17,18)/t11-/m1/s1. The monoisotopic (exact) mass is 291 g/mol. The van der Waals surface area contributed by atoms with Crippen LogP contribution in [0.25, 0.3) is 0 Å². The number of hydrogen-bond donors (Lipinski definition) is 2. The number of carbonyl (C=O) groups excluding carboxylic acids is 1. The Kier molecular flexibility index (Phi) is 4.95. The Morgan fingerprint density at radius 3 is 2.80 bits per heavy atom. The quantitative estimate of drug-likeness (QED) is 0.888. The fourth-order valence-corrected chi connectivity index (χ4v) is 2.47. The summed E-state index contributed by atoms with van der Waals surface area (Å²) in [5.41, 5.74) is 7.53. The van der Waals surface area contributed by atoms with Crippen molar-refractivity contribution in [3.05, 3.63) is 47.0 Å². The van der Waals surface area contributed by atoms with Crippen LogP contribution in [0.15, 0.2) is 35.7 Å². The van der Waals surface area contributed by atoms with E-state index in [0.29, 0.717) is 18.2 Å². The molecule has 0 unspecified atom stereocenters. The zero-order chi connectivity index (χ0) is 14.4. The number of nitrogens with zero attached hydrogens (tertiary/aromatic N) is 1. The highest BCUT2D eigenvalue weighted by Gasteiger charge is 2.18. The first kappa shape index (κ1) is 14.3. The molecule has 0 saturated carbocycles. The molecular weight excluding hydrogens is 274 g/mol. The number of hydrogen-bond acceptors (Lipinski definition) is 5. The Morgan fingerprint density at radius 1 is 1.45 bits per heavy atom. The zero-order valence-corrected chi connectivity index (χ0v) is 12.0. The van der Waals surface area contributed by atoms with E-state index in [1.54, 1.807) is 6.92 Å².